The van der Waals surface area contributed by atoms with E-state index in [2.05, 4.69) is 15.4 Å². The fourth-order valence-corrected chi connectivity index (χ4v) is 2.72. The van der Waals surface area contributed by atoms with Gasteiger partial charge in [-0.05, 0) is 36.4 Å². The van der Waals surface area contributed by atoms with Gasteiger partial charge in [-0.2, -0.15) is 5.10 Å². The summed E-state index contributed by atoms with van der Waals surface area (Å²) in [6, 6.07) is 15.8. The number of ketones is 1. The van der Waals surface area contributed by atoms with Crippen molar-refractivity contribution in [1.29, 1.82) is 0 Å². The van der Waals surface area contributed by atoms with Crippen LogP contribution in [0.25, 0.3) is 16.7 Å². The van der Waals surface area contributed by atoms with Gasteiger partial charge in [-0.15, -0.1) is 5.10 Å². The molecule has 128 valence electrons. The van der Waals surface area contributed by atoms with Crippen LogP contribution in [0.3, 0.4) is 0 Å². The third kappa shape index (κ3) is 2.89. The van der Waals surface area contributed by atoms with E-state index < -0.39 is 5.56 Å². The molecule has 0 spiro atoms. The summed E-state index contributed by atoms with van der Waals surface area (Å²) in [6.07, 6.45) is 1.43. The summed E-state index contributed by atoms with van der Waals surface area (Å²) >= 11 is 5.82. The SMILES string of the molecule is O=C(Cn1nnc2c(cnn2-c2ccccc2)c1=O)c1ccc(Cl)cc1. The molecule has 0 saturated heterocycles. The zero-order valence-electron chi connectivity index (χ0n) is 13.4. The van der Waals surface area contributed by atoms with E-state index in [4.69, 9.17) is 11.6 Å². The molecule has 26 heavy (non-hydrogen) atoms. The Bertz CT molecular complexity index is 1150. The van der Waals surface area contributed by atoms with Crippen molar-refractivity contribution in [3.8, 4) is 5.69 Å². The van der Waals surface area contributed by atoms with Crippen molar-refractivity contribution < 1.29 is 4.79 Å². The lowest BCUT2D eigenvalue weighted by Gasteiger charge is -2.05. The Hall–Kier alpha value is -3.32. The summed E-state index contributed by atoms with van der Waals surface area (Å²) in [5.41, 5.74) is 1.14. The lowest BCUT2D eigenvalue weighted by atomic mass is 10.1. The number of rotatable bonds is 4. The highest BCUT2D eigenvalue weighted by atomic mass is 35.5. The van der Waals surface area contributed by atoms with Crippen LogP contribution in [0.15, 0.2) is 65.6 Å². The van der Waals surface area contributed by atoms with Crippen LogP contribution >= 0.6 is 11.6 Å². The van der Waals surface area contributed by atoms with Crippen LogP contribution in [-0.4, -0.2) is 30.6 Å². The molecule has 0 radical (unpaired) electrons. The minimum absolute atomic E-state index is 0.208. The van der Waals surface area contributed by atoms with Gasteiger partial charge < -0.3 is 0 Å². The summed E-state index contributed by atoms with van der Waals surface area (Å²) in [4.78, 5) is 25.0. The highest BCUT2D eigenvalue weighted by Gasteiger charge is 2.15. The first kappa shape index (κ1) is 16.2. The average Bonchev–Trinajstić information content (AvgIpc) is 3.10. The number of carbonyl (C=O) groups is 1. The predicted octanol–water partition coefficient (Wildman–Crippen LogP) is 2.51. The standard InChI is InChI=1S/C18H12ClN5O2/c19-13-8-6-12(7-9-13)16(25)11-23-18(26)15-10-20-24(17(15)21-22-23)14-4-2-1-3-5-14/h1-10H,11H2. The fraction of sp³-hybridized carbons (Fsp3) is 0.0556. The molecule has 0 bridgehead atoms. The highest BCUT2D eigenvalue weighted by molar-refractivity contribution is 6.30. The van der Waals surface area contributed by atoms with Gasteiger partial charge in [-0.1, -0.05) is 35.0 Å². The Balaban J connectivity index is 1.70. The van der Waals surface area contributed by atoms with Gasteiger partial charge >= 0.3 is 0 Å². The van der Waals surface area contributed by atoms with Crippen LogP contribution in [-0.2, 0) is 6.54 Å². The van der Waals surface area contributed by atoms with Crippen molar-refractivity contribution in [3.63, 3.8) is 0 Å². The van der Waals surface area contributed by atoms with E-state index in [1.165, 1.54) is 10.9 Å². The molecule has 0 amide bonds. The second-order valence-corrected chi connectivity index (χ2v) is 6.05. The molecule has 2 aromatic heterocycles. The summed E-state index contributed by atoms with van der Waals surface area (Å²) in [7, 11) is 0. The van der Waals surface area contributed by atoms with Gasteiger partial charge in [0, 0.05) is 10.6 Å². The maximum absolute atomic E-state index is 12.6. The van der Waals surface area contributed by atoms with Crippen molar-refractivity contribution in [3.05, 3.63) is 81.7 Å². The number of fused-ring (bicyclic) bond motifs is 1. The van der Waals surface area contributed by atoms with Crippen molar-refractivity contribution in [2.75, 3.05) is 0 Å². The molecule has 4 rings (SSSR count). The molecule has 2 heterocycles. The molecule has 0 saturated carbocycles. The molecule has 0 aliphatic heterocycles. The van der Waals surface area contributed by atoms with Gasteiger partial charge in [0.1, 0.15) is 11.9 Å². The number of benzene rings is 2. The Morgan fingerprint density at radius 1 is 1.04 bits per heavy atom. The summed E-state index contributed by atoms with van der Waals surface area (Å²) in [5.74, 6) is -0.257. The maximum Gasteiger partial charge on any atom is 0.281 e. The molecule has 0 atom stereocenters. The van der Waals surface area contributed by atoms with Crippen molar-refractivity contribution in [2.45, 2.75) is 6.54 Å². The normalized spacial score (nSPS) is 11.0. The second-order valence-electron chi connectivity index (χ2n) is 5.61. The van der Waals surface area contributed by atoms with Gasteiger partial charge in [-0.3, -0.25) is 9.59 Å². The Morgan fingerprint density at radius 3 is 2.50 bits per heavy atom. The van der Waals surface area contributed by atoms with Crippen LogP contribution < -0.4 is 5.56 Å². The van der Waals surface area contributed by atoms with Crippen LogP contribution in [0.2, 0.25) is 5.02 Å². The van der Waals surface area contributed by atoms with Crippen LogP contribution in [0.4, 0.5) is 0 Å². The minimum atomic E-state index is -0.417. The Morgan fingerprint density at radius 2 is 1.77 bits per heavy atom. The molecule has 0 N–H and O–H groups in total. The smallest absolute Gasteiger partial charge is 0.281 e. The minimum Gasteiger partial charge on any atom is -0.292 e. The maximum atomic E-state index is 12.6. The molecule has 4 aromatic rings. The first-order valence-electron chi connectivity index (χ1n) is 7.79. The van der Waals surface area contributed by atoms with Gasteiger partial charge in [0.25, 0.3) is 5.56 Å². The topological polar surface area (TPSA) is 82.7 Å². The number of carbonyl (C=O) groups excluding carboxylic acids is 1. The van der Waals surface area contributed by atoms with Gasteiger partial charge in [0.15, 0.2) is 11.4 Å². The number of aromatic nitrogens is 5. The van der Waals surface area contributed by atoms with Crippen LogP contribution in [0, 0.1) is 0 Å². The number of nitrogens with zero attached hydrogens (tertiary/aromatic N) is 5. The average molecular weight is 366 g/mol. The number of halogens is 1. The Labute approximate surface area is 152 Å². The molecule has 0 aliphatic rings. The zero-order chi connectivity index (χ0) is 18.1. The molecule has 0 fully saturated rings. The largest absolute Gasteiger partial charge is 0.292 e. The van der Waals surface area contributed by atoms with E-state index in [0.29, 0.717) is 21.6 Å². The number of hydrogen-bond acceptors (Lipinski definition) is 5. The summed E-state index contributed by atoms with van der Waals surface area (Å²) < 4.78 is 2.57. The number of para-hydroxylation sites is 1. The molecule has 0 aliphatic carbocycles. The zero-order valence-corrected chi connectivity index (χ0v) is 14.2. The Kier molecular flexibility index (Phi) is 4.06. The van der Waals surface area contributed by atoms with Crippen LogP contribution in [0.1, 0.15) is 10.4 Å². The summed E-state index contributed by atoms with van der Waals surface area (Å²) in [5, 5.41) is 13.0. The first-order chi connectivity index (χ1) is 12.6. The van der Waals surface area contributed by atoms with Gasteiger partial charge in [0.2, 0.25) is 0 Å². The third-order valence-electron chi connectivity index (χ3n) is 3.92. The monoisotopic (exact) mass is 365 g/mol. The van der Waals surface area contributed by atoms with Crippen molar-refractivity contribution in [2.24, 2.45) is 0 Å². The molecule has 2 aromatic carbocycles. The molecular weight excluding hydrogens is 354 g/mol. The highest BCUT2D eigenvalue weighted by Crippen LogP contribution is 2.13. The van der Waals surface area contributed by atoms with Gasteiger partial charge in [-0.25, -0.2) is 9.36 Å². The fourth-order valence-electron chi connectivity index (χ4n) is 2.59. The van der Waals surface area contributed by atoms with Crippen molar-refractivity contribution in [1.82, 2.24) is 24.8 Å². The quantitative estimate of drug-likeness (QED) is 0.519. The van der Waals surface area contributed by atoms with E-state index in [0.717, 1.165) is 10.4 Å². The van der Waals surface area contributed by atoms with E-state index in [9.17, 15) is 9.59 Å². The van der Waals surface area contributed by atoms with E-state index in [1.807, 2.05) is 30.3 Å². The van der Waals surface area contributed by atoms with Gasteiger partial charge in [0.05, 0.1) is 11.9 Å². The second kappa shape index (κ2) is 6.53. The van der Waals surface area contributed by atoms with Crippen molar-refractivity contribution >= 4 is 28.4 Å². The molecule has 7 nitrogen and oxygen atoms in total. The van der Waals surface area contributed by atoms with E-state index >= 15 is 0 Å². The predicted molar refractivity (Wildman–Crippen MR) is 96.7 cm³/mol. The molecule has 8 heteroatoms. The van der Waals surface area contributed by atoms with Crippen LogP contribution in [0.5, 0.6) is 0 Å². The lowest BCUT2D eigenvalue weighted by molar-refractivity contribution is 0.0964. The van der Waals surface area contributed by atoms with E-state index in [-0.39, 0.29) is 12.3 Å². The molecular formula is C18H12ClN5O2. The number of hydrogen-bond donors (Lipinski definition) is 0. The van der Waals surface area contributed by atoms with E-state index in [1.54, 1.807) is 24.3 Å². The summed E-state index contributed by atoms with van der Waals surface area (Å²) in [6.45, 7) is -0.208. The number of Topliss-reactive ketones (excluding diaryl/α,β-unsaturated/α-hetero) is 1. The first-order valence-corrected chi connectivity index (χ1v) is 8.17. The molecule has 0 unspecified atom stereocenters. The lowest BCUT2D eigenvalue weighted by Crippen LogP contribution is -2.27. The third-order valence-corrected chi connectivity index (χ3v) is 4.17.